The van der Waals surface area contributed by atoms with Gasteiger partial charge in [0.15, 0.2) is 0 Å². The van der Waals surface area contributed by atoms with Crippen LogP contribution in [0.25, 0.3) is 0 Å². The molecule has 1 unspecified atom stereocenters. The second kappa shape index (κ2) is 3.59. The lowest BCUT2D eigenvalue weighted by molar-refractivity contribution is 0.187. The molecule has 0 saturated heterocycles. The molecule has 1 aliphatic heterocycles. The van der Waals surface area contributed by atoms with E-state index >= 15 is 0 Å². The van der Waals surface area contributed by atoms with Gasteiger partial charge in [0.2, 0.25) is 0 Å². The van der Waals surface area contributed by atoms with Gasteiger partial charge in [-0.05, 0) is 6.42 Å². The maximum atomic E-state index is 9.19. The normalized spacial score (nSPS) is 21.5. The van der Waals surface area contributed by atoms with E-state index in [4.69, 9.17) is 0 Å². The van der Waals surface area contributed by atoms with Crippen LogP contribution in [0, 0.1) is 5.92 Å². The summed E-state index contributed by atoms with van der Waals surface area (Å²) >= 11 is 0. The van der Waals surface area contributed by atoms with Crippen molar-refractivity contribution in [3.8, 4) is 0 Å². The van der Waals surface area contributed by atoms with Crippen molar-refractivity contribution in [3.63, 3.8) is 0 Å². The molecule has 0 aliphatic carbocycles. The van der Waals surface area contributed by atoms with Crippen LogP contribution in [-0.2, 0) is 18.4 Å². The topological polar surface area (TPSA) is 50.9 Å². The van der Waals surface area contributed by atoms with Gasteiger partial charge in [-0.2, -0.15) is 0 Å². The van der Waals surface area contributed by atoms with Crippen LogP contribution >= 0.6 is 0 Å². The van der Waals surface area contributed by atoms with E-state index in [0.717, 1.165) is 31.0 Å². The van der Waals surface area contributed by atoms with Gasteiger partial charge in [0.25, 0.3) is 0 Å². The van der Waals surface area contributed by atoms with Gasteiger partial charge in [0, 0.05) is 30.9 Å². The fraction of sp³-hybridized carbons (Fsp3) is 0.818. The largest absolute Gasteiger partial charge is 0.396 e. The second-order valence-electron chi connectivity index (χ2n) is 5.39. The Morgan fingerprint density at radius 1 is 1.40 bits per heavy atom. The number of aliphatic hydroxyl groups excluding tert-OH is 1. The summed E-state index contributed by atoms with van der Waals surface area (Å²) in [7, 11) is 0. The van der Waals surface area contributed by atoms with E-state index in [9.17, 15) is 5.11 Å². The summed E-state index contributed by atoms with van der Waals surface area (Å²) in [6.07, 6.45) is 1.97. The molecule has 1 aromatic heterocycles. The van der Waals surface area contributed by atoms with Crippen LogP contribution in [0.4, 0.5) is 0 Å². The van der Waals surface area contributed by atoms with E-state index in [0.29, 0.717) is 5.92 Å². The van der Waals surface area contributed by atoms with Crippen molar-refractivity contribution >= 4 is 0 Å². The van der Waals surface area contributed by atoms with Crippen molar-refractivity contribution in [2.75, 3.05) is 6.61 Å². The quantitative estimate of drug-likeness (QED) is 0.754. The highest BCUT2D eigenvalue weighted by Gasteiger charge is 2.27. The summed E-state index contributed by atoms with van der Waals surface area (Å²) in [5, 5.41) is 17.7. The van der Waals surface area contributed by atoms with Gasteiger partial charge in [-0.3, -0.25) is 0 Å². The van der Waals surface area contributed by atoms with Crippen molar-refractivity contribution in [1.29, 1.82) is 0 Å². The molecule has 2 rings (SSSR count). The summed E-state index contributed by atoms with van der Waals surface area (Å²) in [6, 6.07) is 0. The molecular formula is C11H19N3O. The fourth-order valence-corrected chi connectivity index (χ4v) is 2.10. The van der Waals surface area contributed by atoms with Gasteiger partial charge in [-0.25, -0.2) is 0 Å². The van der Waals surface area contributed by atoms with Crippen LogP contribution in [0.2, 0.25) is 0 Å². The number of hydrogen-bond donors (Lipinski definition) is 1. The van der Waals surface area contributed by atoms with Gasteiger partial charge >= 0.3 is 0 Å². The number of aromatic nitrogens is 3. The van der Waals surface area contributed by atoms with E-state index in [1.807, 2.05) is 0 Å². The van der Waals surface area contributed by atoms with E-state index in [1.165, 1.54) is 0 Å². The minimum absolute atomic E-state index is 0.0304. The van der Waals surface area contributed by atoms with Crippen molar-refractivity contribution in [2.24, 2.45) is 5.92 Å². The van der Waals surface area contributed by atoms with E-state index in [-0.39, 0.29) is 12.0 Å². The Labute approximate surface area is 90.3 Å². The second-order valence-corrected chi connectivity index (χ2v) is 5.39. The maximum Gasteiger partial charge on any atom is 0.138 e. The van der Waals surface area contributed by atoms with Crippen LogP contribution in [0.5, 0.6) is 0 Å². The molecule has 1 atom stereocenters. The summed E-state index contributed by atoms with van der Waals surface area (Å²) in [6.45, 7) is 7.57. The average Bonchev–Trinajstić information content (AvgIpc) is 2.59. The molecule has 0 fully saturated rings. The zero-order valence-corrected chi connectivity index (χ0v) is 9.69. The van der Waals surface area contributed by atoms with E-state index < -0.39 is 0 Å². The summed E-state index contributed by atoms with van der Waals surface area (Å²) < 4.78 is 2.18. The molecule has 1 N–H and O–H groups in total. The zero-order chi connectivity index (χ0) is 11.1. The van der Waals surface area contributed by atoms with Crippen molar-refractivity contribution in [3.05, 3.63) is 11.6 Å². The SMILES string of the molecule is CC(C)(C)c1nnc2n1CC(CO)CC2. The number of fused-ring (bicyclic) bond motifs is 1. The van der Waals surface area contributed by atoms with Crippen LogP contribution in [0.1, 0.15) is 38.8 Å². The third kappa shape index (κ3) is 1.91. The molecule has 0 radical (unpaired) electrons. The highest BCUT2D eigenvalue weighted by atomic mass is 16.3. The highest BCUT2D eigenvalue weighted by molar-refractivity contribution is 5.08. The molecule has 15 heavy (non-hydrogen) atoms. The molecule has 0 amide bonds. The van der Waals surface area contributed by atoms with Gasteiger partial charge in [0.05, 0.1) is 0 Å². The van der Waals surface area contributed by atoms with Crippen LogP contribution in [0.15, 0.2) is 0 Å². The number of nitrogens with zero attached hydrogens (tertiary/aromatic N) is 3. The zero-order valence-electron chi connectivity index (χ0n) is 9.69. The molecular weight excluding hydrogens is 190 g/mol. The third-order valence-corrected chi connectivity index (χ3v) is 2.97. The van der Waals surface area contributed by atoms with Crippen molar-refractivity contribution < 1.29 is 5.11 Å². The molecule has 0 bridgehead atoms. The summed E-state index contributed by atoms with van der Waals surface area (Å²) in [5.41, 5.74) is 0.0304. The third-order valence-electron chi connectivity index (χ3n) is 2.97. The lowest BCUT2D eigenvalue weighted by Gasteiger charge is -2.26. The molecule has 0 spiro atoms. The predicted molar refractivity (Wildman–Crippen MR) is 57.6 cm³/mol. The smallest absolute Gasteiger partial charge is 0.138 e. The van der Waals surface area contributed by atoms with Crippen molar-refractivity contribution in [2.45, 2.75) is 45.6 Å². The average molecular weight is 209 g/mol. The Kier molecular flexibility index (Phi) is 2.54. The van der Waals surface area contributed by atoms with Crippen LogP contribution in [-0.4, -0.2) is 26.5 Å². The monoisotopic (exact) mass is 209 g/mol. The van der Waals surface area contributed by atoms with Crippen molar-refractivity contribution in [1.82, 2.24) is 14.8 Å². The molecule has 0 aromatic carbocycles. The highest BCUT2D eigenvalue weighted by Crippen LogP contribution is 2.26. The van der Waals surface area contributed by atoms with Gasteiger partial charge in [0.1, 0.15) is 11.6 Å². The molecule has 0 saturated carbocycles. The first-order valence-electron chi connectivity index (χ1n) is 5.56. The number of aliphatic hydroxyl groups is 1. The summed E-state index contributed by atoms with van der Waals surface area (Å²) in [4.78, 5) is 0. The fourth-order valence-electron chi connectivity index (χ4n) is 2.10. The van der Waals surface area contributed by atoms with Gasteiger partial charge in [-0.15, -0.1) is 10.2 Å². The maximum absolute atomic E-state index is 9.19. The molecule has 1 aromatic rings. The molecule has 84 valence electrons. The van der Waals surface area contributed by atoms with Crippen LogP contribution in [0.3, 0.4) is 0 Å². The van der Waals surface area contributed by atoms with Gasteiger partial charge in [-0.1, -0.05) is 20.8 Å². The number of rotatable bonds is 1. The number of aryl methyl sites for hydroxylation is 1. The Balaban J connectivity index is 2.34. The Morgan fingerprint density at radius 3 is 2.73 bits per heavy atom. The lowest BCUT2D eigenvalue weighted by Crippen LogP contribution is -2.28. The molecule has 4 nitrogen and oxygen atoms in total. The Bertz CT molecular complexity index is 351. The summed E-state index contributed by atoms with van der Waals surface area (Å²) in [5.74, 6) is 2.48. The predicted octanol–water partition coefficient (Wildman–Crippen LogP) is 1.13. The van der Waals surface area contributed by atoms with Crippen LogP contribution < -0.4 is 0 Å². The molecule has 4 heteroatoms. The van der Waals surface area contributed by atoms with E-state index in [1.54, 1.807) is 0 Å². The molecule has 1 aliphatic rings. The lowest BCUT2D eigenvalue weighted by atomic mass is 9.94. The van der Waals surface area contributed by atoms with E-state index in [2.05, 4.69) is 35.5 Å². The Hall–Kier alpha value is -0.900. The first-order valence-corrected chi connectivity index (χ1v) is 5.56. The first-order chi connectivity index (χ1) is 7.02. The number of hydrogen-bond acceptors (Lipinski definition) is 3. The van der Waals surface area contributed by atoms with Gasteiger partial charge < -0.3 is 9.67 Å². The first kappa shape index (κ1) is 10.6. The standard InChI is InChI=1S/C11H19N3O/c1-11(2,3)10-13-12-9-5-4-8(7-15)6-14(9)10/h8,15H,4-7H2,1-3H3. The Morgan fingerprint density at radius 2 is 2.13 bits per heavy atom. The minimum Gasteiger partial charge on any atom is -0.396 e. The minimum atomic E-state index is 0.0304. The molecule has 2 heterocycles.